The van der Waals surface area contributed by atoms with Crippen molar-refractivity contribution >= 4 is 16.1 Å². The van der Waals surface area contributed by atoms with Gasteiger partial charge in [0.2, 0.25) is 0 Å². The number of rotatable bonds is 6. The van der Waals surface area contributed by atoms with Gasteiger partial charge >= 0.3 is 6.09 Å². The summed E-state index contributed by atoms with van der Waals surface area (Å²) in [6, 6.07) is 0. The molecule has 24 heavy (non-hydrogen) atoms. The molecule has 1 saturated carbocycles. The first-order chi connectivity index (χ1) is 11.0. The summed E-state index contributed by atoms with van der Waals surface area (Å²) in [5, 5.41) is 0. The maximum absolute atomic E-state index is 12.5. The lowest BCUT2D eigenvalue weighted by atomic mass is 9.80. The molecule has 2 aliphatic carbocycles. The summed E-state index contributed by atoms with van der Waals surface area (Å²) >= 11 is 0. The van der Waals surface area contributed by atoms with Crippen LogP contribution in [-0.4, -0.2) is 31.7 Å². The molecule has 0 heterocycles. The maximum Gasteiger partial charge on any atom is 0.421 e. The van der Waals surface area contributed by atoms with Crippen LogP contribution in [0.25, 0.3) is 0 Å². The number of sulfonamides is 1. The fraction of sp³-hybridized carbons (Fsp3) is 0.706. The number of hydrogen-bond acceptors (Lipinski definition) is 5. The number of ether oxygens (including phenoxy) is 2. The van der Waals surface area contributed by atoms with E-state index in [0.29, 0.717) is 19.4 Å². The maximum atomic E-state index is 12.5. The van der Waals surface area contributed by atoms with E-state index in [1.165, 1.54) is 0 Å². The first-order valence-corrected chi connectivity index (χ1v) is 9.75. The summed E-state index contributed by atoms with van der Waals surface area (Å²) in [7, 11) is -3.94. The Labute approximate surface area is 144 Å². The molecular formula is C17H27NO5S. The number of carbonyl (C=O) groups excluding carboxylic acids is 1. The van der Waals surface area contributed by atoms with Crippen molar-refractivity contribution < 1.29 is 22.7 Å². The van der Waals surface area contributed by atoms with Crippen molar-refractivity contribution in [2.75, 3.05) is 6.61 Å². The highest BCUT2D eigenvalue weighted by molar-refractivity contribution is 7.91. The van der Waals surface area contributed by atoms with Gasteiger partial charge in [-0.25, -0.2) is 17.9 Å². The standard InChI is InChI=1S/C17H27NO5S/c1-5-16(9-7-6-8-10-16)13-22-17(11-12-17)24(20,21)18-14(19)23-15(2,3)4/h6-9H,5,10-13H2,1-4H3,(H,18,19). The normalized spacial score (nSPS) is 25.3. The predicted molar refractivity (Wildman–Crippen MR) is 91.8 cm³/mol. The van der Waals surface area contributed by atoms with Gasteiger partial charge < -0.3 is 9.47 Å². The smallest absolute Gasteiger partial charge is 0.421 e. The Hall–Kier alpha value is -1.34. The quantitative estimate of drug-likeness (QED) is 0.789. The third-order valence-electron chi connectivity index (χ3n) is 4.31. The van der Waals surface area contributed by atoms with Crippen LogP contribution in [0.15, 0.2) is 24.3 Å². The zero-order valence-electron chi connectivity index (χ0n) is 14.8. The SMILES string of the molecule is CCC1(COC2(S(=O)(=O)NC(=O)OC(C)(C)C)CC2)C=CC=CC1. The molecular weight excluding hydrogens is 330 g/mol. The number of amides is 1. The third kappa shape index (κ3) is 4.39. The van der Waals surface area contributed by atoms with Crippen LogP contribution in [0.5, 0.6) is 0 Å². The molecule has 7 heteroatoms. The summed E-state index contributed by atoms with van der Waals surface area (Å²) in [4.78, 5) is 10.5. The minimum Gasteiger partial charge on any atom is -0.443 e. The Morgan fingerprint density at radius 3 is 2.38 bits per heavy atom. The second-order valence-electron chi connectivity index (χ2n) is 7.51. The molecule has 6 nitrogen and oxygen atoms in total. The van der Waals surface area contributed by atoms with Crippen LogP contribution in [0.2, 0.25) is 0 Å². The van der Waals surface area contributed by atoms with Crippen molar-refractivity contribution in [2.24, 2.45) is 5.41 Å². The van der Waals surface area contributed by atoms with Crippen molar-refractivity contribution in [1.82, 2.24) is 4.72 Å². The summed E-state index contributed by atoms with van der Waals surface area (Å²) in [5.41, 5.74) is -0.950. The predicted octanol–water partition coefficient (Wildman–Crippen LogP) is 3.26. The van der Waals surface area contributed by atoms with E-state index in [1.807, 2.05) is 16.9 Å². The minimum atomic E-state index is -3.94. The second-order valence-corrected chi connectivity index (χ2v) is 9.47. The number of allylic oxidation sites excluding steroid dienone is 3. The van der Waals surface area contributed by atoms with Gasteiger partial charge in [-0.15, -0.1) is 0 Å². The van der Waals surface area contributed by atoms with E-state index in [0.717, 1.165) is 12.8 Å². The molecule has 1 unspecified atom stereocenters. The third-order valence-corrected chi connectivity index (χ3v) is 6.25. The Morgan fingerprint density at radius 2 is 1.92 bits per heavy atom. The van der Waals surface area contributed by atoms with Crippen molar-refractivity contribution in [2.45, 2.75) is 63.9 Å². The first kappa shape index (κ1) is 19.0. The minimum absolute atomic E-state index is 0.189. The van der Waals surface area contributed by atoms with Gasteiger partial charge in [0.25, 0.3) is 10.0 Å². The first-order valence-electron chi connectivity index (χ1n) is 8.27. The van der Waals surface area contributed by atoms with Crippen molar-refractivity contribution in [3.63, 3.8) is 0 Å². The zero-order chi connectivity index (χ0) is 18.1. The number of nitrogens with one attached hydrogen (secondary N) is 1. The van der Waals surface area contributed by atoms with Crippen LogP contribution in [0.4, 0.5) is 4.79 Å². The molecule has 0 spiro atoms. The van der Waals surface area contributed by atoms with E-state index in [4.69, 9.17) is 9.47 Å². The average Bonchev–Trinajstić information content (AvgIpc) is 3.25. The molecule has 1 fully saturated rings. The largest absolute Gasteiger partial charge is 0.443 e. The summed E-state index contributed by atoms with van der Waals surface area (Å²) < 4.78 is 37.9. The lowest BCUT2D eigenvalue weighted by Gasteiger charge is -2.32. The molecule has 0 bridgehead atoms. The van der Waals surface area contributed by atoms with E-state index in [9.17, 15) is 13.2 Å². The van der Waals surface area contributed by atoms with Gasteiger partial charge in [0.1, 0.15) is 5.60 Å². The van der Waals surface area contributed by atoms with Crippen LogP contribution >= 0.6 is 0 Å². The van der Waals surface area contributed by atoms with Crippen molar-refractivity contribution in [1.29, 1.82) is 0 Å². The molecule has 1 amide bonds. The molecule has 0 aromatic carbocycles. The van der Waals surface area contributed by atoms with Gasteiger partial charge in [-0.1, -0.05) is 31.2 Å². The van der Waals surface area contributed by atoms with Gasteiger partial charge in [0.15, 0.2) is 4.93 Å². The van der Waals surface area contributed by atoms with E-state index >= 15 is 0 Å². The van der Waals surface area contributed by atoms with Gasteiger partial charge in [0, 0.05) is 5.41 Å². The van der Waals surface area contributed by atoms with Crippen molar-refractivity contribution in [3.8, 4) is 0 Å². The summed E-state index contributed by atoms with van der Waals surface area (Å²) in [6.45, 7) is 7.39. The van der Waals surface area contributed by atoms with Crippen LogP contribution in [-0.2, 0) is 19.5 Å². The van der Waals surface area contributed by atoms with E-state index in [-0.39, 0.29) is 5.41 Å². The molecule has 2 aliphatic rings. The monoisotopic (exact) mass is 357 g/mol. The topological polar surface area (TPSA) is 81.7 Å². The molecule has 0 aliphatic heterocycles. The molecule has 2 rings (SSSR count). The van der Waals surface area contributed by atoms with E-state index in [2.05, 4.69) is 19.1 Å². The van der Waals surface area contributed by atoms with E-state index < -0.39 is 26.7 Å². The fourth-order valence-electron chi connectivity index (χ4n) is 2.55. The fourth-order valence-corrected chi connectivity index (χ4v) is 3.85. The Kier molecular flexibility index (Phi) is 5.16. The van der Waals surface area contributed by atoms with Gasteiger partial charge in [-0.2, -0.15) is 0 Å². The zero-order valence-corrected chi connectivity index (χ0v) is 15.6. The molecule has 1 atom stereocenters. The summed E-state index contributed by atoms with van der Waals surface area (Å²) in [6.07, 6.45) is 9.51. The van der Waals surface area contributed by atoms with Crippen LogP contribution in [0, 0.1) is 5.41 Å². The Balaban J connectivity index is 2.01. The Bertz CT molecular complexity index is 640. The van der Waals surface area contributed by atoms with Crippen molar-refractivity contribution in [3.05, 3.63) is 24.3 Å². The molecule has 0 aromatic heterocycles. The molecule has 0 aromatic rings. The highest BCUT2D eigenvalue weighted by Crippen LogP contribution is 2.46. The summed E-state index contributed by atoms with van der Waals surface area (Å²) in [5.74, 6) is 0. The van der Waals surface area contributed by atoms with Gasteiger partial charge in [-0.05, 0) is 46.5 Å². The molecule has 136 valence electrons. The number of carbonyl (C=O) groups is 1. The average molecular weight is 357 g/mol. The number of hydrogen-bond donors (Lipinski definition) is 1. The highest BCUT2D eigenvalue weighted by atomic mass is 32.2. The highest BCUT2D eigenvalue weighted by Gasteiger charge is 2.58. The van der Waals surface area contributed by atoms with Crippen LogP contribution in [0.1, 0.15) is 53.4 Å². The van der Waals surface area contributed by atoms with E-state index in [1.54, 1.807) is 20.8 Å². The van der Waals surface area contributed by atoms with Crippen LogP contribution in [0.3, 0.4) is 0 Å². The van der Waals surface area contributed by atoms with Crippen LogP contribution < -0.4 is 4.72 Å². The molecule has 1 N–H and O–H groups in total. The lowest BCUT2D eigenvalue weighted by Crippen LogP contribution is -2.44. The van der Waals surface area contributed by atoms with Gasteiger partial charge in [-0.3, -0.25) is 0 Å². The molecule has 0 saturated heterocycles. The molecule has 0 radical (unpaired) electrons. The Morgan fingerprint density at radius 1 is 1.25 bits per heavy atom. The lowest BCUT2D eigenvalue weighted by molar-refractivity contribution is 0.0300. The second kappa shape index (κ2) is 6.52. The van der Waals surface area contributed by atoms with Gasteiger partial charge in [0.05, 0.1) is 6.61 Å².